The van der Waals surface area contributed by atoms with E-state index in [-0.39, 0.29) is 0 Å². The summed E-state index contributed by atoms with van der Waals surface area (Å²) in [5, 5.41) is 3.96. The van der Waals surface area contributed by atoms with Crippen LogP contribution in [0, 0.1) is 0 Å². The molecule has 1 aromatic carbocycles. The van der Waals surface area contributed by atoms with Crippen LogP contribution in [0.2, 0.25) is 0 Å². The van der Waals surface area contributed by atoms with Crippen molar-refractivity contribution in [3.8, 4) is 0 Å². The average molecular weight is 280 g/mol. The second-order valence-electron chi connectivity index (χ2n) is 3.78. The highest BCUT2D eigenvalue weighted by Crippen LogP contribution is 2.30. The minimum absolute atomic E-state index is 0.601. The molecule has 0 saturated carbocycles. The van der Waals surface area contributed by atoms with Crippen LogP contribution in [-0.2, 0) is 4.84 Å². The topological polar surface area (TPSA) is 21.6 Å². The number of rotatable bonds is 4. The summed E-state index contributed by atoms with van der Waals surface area (Å²) < 4.78 is 1.29. The molecule has 0 spiro atoms. The van der Waals surface area contributed by atoms with Crippen molar-refractivity contribution in [2.75, 3.05) is 6.61 Å². The molecule has 1 aliphatic carbocycles. The van der Waals surface area contributed by atoms with Crippen molar-refractivity contribution in [3.63, 3.8) is 0 Å². The molecule has 0 radical (unpaired) electrons. The normalized spacial score (nSPS) is 16.1. The molecule has 0 heterocycles. The van der Waals surface area contributed by atoms with Crippen molar-refractivity contribution in [2.45, 2.75) is 19.3 Å². The minimum Gasteiger partial charge on any atom is -0.391 e. The summed E-state index contributed by atoms with van der Waals surface area (Å²) in [5.41, 5.74) is 2.40. The Balaban J connectivity index is 1.80. The summed E-state index contributed by atoms with van der Waals surface area (Å²) in [7, 11) is 0. The molecule has 0 N–H and O–H groups in total. The average Bonchev–Trinajstić information content (AvgIpc) is 2.72. The van der Waals surface area contributed by atoms with Gasteiger partial charge < -0.3 is 4.84 Å². The van der Waals surface area contributed by atoms with Gasteiger partial charge in [-0.25, -0.2) is 0 Å². The highest BCUT2D eigenvalue weighted by Gasteiger charge is 2.11. The van der Waals surface area contributed by atoms with E-state index in [4.69, 9.17) is 4.84 Å². The van der Waals surface area contributed by atoms with Gasteiger partial charge in [-0.1, -0.05) is 51.4 Å². The Morgan fingerprint density at radius 2 is 2.06 bits per heavy atom. The molecule has 0 amide bonds. The van der Waals surface area contributed by atoms with Crippen molar-refractivity contribution in [2.24, 2.45) is 5.16 Å². The molecule has 0 fully saturated rings. The molecule has 1 aliphatic rings. The van der Waals surface area contributed by atoms with Gasteiger partial charge in [0.2, 0.25) is 0 Å². The van der Waals surface area contributed by atoms with E-state index in [1.54, 1.807) is 6.21 Å². The summed E-state index contributed by atoms with van der Waals surface area (Å²) in [6, 6.07) is 9.95. The zero-order valence-electron chi connectivity index (χ0n) is 9.03. The molecule has 0 atom stereocenters. The SMILES string of the molecule is BrC1=C(CO/N=C\c2ccccc2)CCC1. The van der Waals surface area contributed by atoms with Crippen molar-refractivity contribution >= 4 is 22.1 Å². The van der Waals surface area contributed by atoms with E-state index in [9.17, 15) is 0 Å². The number of benzene rings is 1. The number of nitrogens with zero attached hydrogens (tertiary/aromatic N) is 1. The fraction of sp³-hybridized carbons (Fsp3) is 0.308. The summed E-state index contributed by atoms with van der Waals surface area (Å²) in [6.07, 6.45) is 5.23. The maximum Gasteiger partial charge on any atom is 0.139 e. The first kappa shape index (κ1) is 11.4. The van der Waals surface area contributed by atoms with E-state index in [0.29, 0.717) is 6.61 Å². The predicted octanol–water partition coefficient (Wildman–Crippen LogP) is 3.87. The zero-order valence-corrected chi connectivity index (χ0v) is 10.6. The first-order chi connectivity index (χ1) is 7.86. The van der Waals surface area contributed by atoms with Crippen LogP contribution in [0.3, 0.4) is 0 Å². The van der Waals surface area contributed by atoms with Crippen LogP contribution in [0.25, 0.3) is 0 Å². The third-order valence-corrected chi connectivity index (χ3v) is 3.53. The molecule has 0 unspecified atom stereocenters. The Hall–Kier alpha value is -1.09. The molecule has 16 heavy (non-hydrogen) atoms. The molecular formula is C13H14BrNO. The largest absolute Gasteiger partial charge is 0.391 e. The zero-order chi connectivity index (χ0) is 11.2. The maximum absolute atomic E-state index is 5.27. The Bertz CT molecular complexity index is 398. The molecule has 2 rings (SSSR count). The number of hydrogen-bond acceptors (Lipinski definition) is 2. The number of hydrogen-bond donors (Lipinski definition) is 0. The van der Waals surface area contributed by atoms with Crippen LogP contribution in [0.5, 0.6) is 0 Å². The lowest BCUT2D eigenvalue weighted by Gasteiger charge is -2.00. The Kier molecular flexibility index (Phi) is 4.17. The van der Waals surface area contributed by atoms with Crippen LogP contribution in [0.4, 0.5) is 0 Å². The van der Waals surface area contributed by atoms with E-state index >= 15 is 0 Å². The van der Waals surface area contributed by atoms with Gasteiger partial charge in [0.25, 0.3) is 0 Å². The molecule has 0 saturated heterocycles. The van der Waals surface area contributed by atoms with Gasteiger partial charge in [-0.2, -0.15) is 0 Å². The highest BCUT2D eigenvalue weighted by molar-refractivity contribution is 9.11. The molecule has 0 bridgehead atoms. The van der Waals surface area contributed by atoms with E-state index in [1.807, 2.05) is 30.3 Å². The Morgan fingerprint density at radius 1 is 1.25 bits per heavy atom. The smallest absolute Gasteiger partial charge is 0.139 e. The maximum atomic E-state index is 5.27. The lowest BCUT2D eigenvalue weighted by Crippen LogP contribution is -1.92. The Labute approximate surface area is 104 Å². The third kappa shape index (κ3) is 3.20. The summed E-state index contributed by atoms with van der Waals surface area (Å²) in [4.78, 5) is 5.27. The number of oxime groups is 1. The second-order valence-corrected chi connectivity index (χ2v) is 4.74. The van der Waals surface area contributed by atoms with E-state index in [0.717, 1.165) is 18.4 Å². The number of halogens is 1. The molecular weight excluding hydrogens is 266 g/mol. The van der Waals surface area contributed by atoms with Gasteiger partial charge in [-0.15, -0.1) is 0 Å². The molecule has 2 nitrogen and oxygen atoms in total. The fourth-order valence-electron chi connectivity index (χ4n) is 1.67. The van der Waals surface area contributed by atoms with Gasteiger partial charge in [0.15, 0.2) is 0 Å². The standard InChI is InChI=1S/C13H14BrNO/c14-13-8-4-7-12(13)10-16-15-9-11-5-2-1-3-6-11/h1-3,5-6,9H,4,7-8,10H2/b15-9-. The van der Waals surface area contributed by atoms with Crippen LogP contribution < -0.4 is 0 Å². The minimum atomic E-state index is 0.601. The summed E-state index contributed by atoms with van der Waals surface area (Å²) in [5.74, 6) is 0. The highest BCUT2D eigenvalue weighted by atomic mass is 79.9. The van der Waals surface area contributed by atoms with Crippen molar-refractivity contribution in [1.82, 2.24) is 0 Å². The lowest BCUT2D eigenvalue weighted by molar-refractivity contribution is 0.168. The van der Waals surface area contributed by atoms with E-state index in [2.05, 4.69) is 21.1 Å². The van der Waals surface area contributed by atoms with E-state index in [1.165, 1.54) is 16.5 Å². The van der Waals surface area contributed by atoms with E-state index < -0.39 is 0 Å². The first-order valence-electron chi connectivity index (χ1n) is 5.43. The quantitative estimate of drug-likeness (QED) is 0.606. The van der Waals surface area contributed by atoms with Gasteiger partial charge in [0.05, 0.1) is 6.21 Å². The molecule has 0 aromatic heterocycles. The lowest BCUT2D eigenvalue weighted by atomic mass is 10.2. The van der Waals surface area contributed by atoms with Gasteiger partial charge in [-0.3, -0.25) is 0 Å². The predicted molar refractivity (Wildman–Crippen MR) is 69.8 cm³/mol. The summed E-state index contributed by atoms with van der Waals surface area (Å²) >= 11 is 3.55. The third-order valence-electron chi connectivity index (χ3n) is 2.57. The summed E-state index contributed by atoms with van der Waals surface area (Å²) in [6.45, 7) is 0.601. The molecule has 0 aliphatic heterocycles. The van der Waals surface area contributed by atoms with Gasteiger partial charge in [0, 0.05) is 0 Å². The monoisotopic (exact) mass is 279 g/mol. The molecule has 1 aromatic rings. The number of allylic oxidation sites excluding steroid dienone is 1. The van der Waals surface area contributed by atoms with Gasteiger partial charge in [0.1, 0.15) is 6.61 Å². The van der Waals surface area contributed by atoms with Gasteiger partial charge >= 0.3 is 0 Å². The van der Waals surface area contributed by atoms with Gasteiger partial charge in [-0.05, 0) is 34.9 Å². The van der Waals surface area contributed by atoms with Crippen LogP contribution in [0.15, 0.2) is 45.5 Å². The van der Waals surface area contributed by atoms with Crippen molar-refractivity contribution in [1.29, 1.82) is 0 Å². The van der Waals surface area contributed by atoms with Crippen molar-refractivity contribution in [3.05, 3.63) is 46.0 Å². The van der Waals surface area contributed by atoms with Crippen molar-refractivity contribution < 1.29 is 4.84 Å². The second kappa shape index (κ2) is 5.85. The van der Waals surface area contributed by atoms with Crippen LogP contribution in [0.1, 0.15) is 24.8 Å². The van der Waals surface area contributed by atoms with Crippen LogP contribution in [-0.4, -0.2) is 12.8 Å². The van der Waals surface area contributed by atoms with Crippen LogP contribution >= 0.6 is 15.9 Å². The first-order valence-corrected chi connectivity index (χ1v) is 6.22. The Morgan fingerprint density at radius 3 is 2.75 bits per heavy atom. The molecule has 84 valence electrons. The fourth-order valence-corrected chi connectivity index (χ4v) is 2.27. The molecule has 3 heteroatoms.